The second kappa shape index (κ2) is 13.0. The number of carboxylic acids is 1. The van der Waals surface area contributed by atoms with E-state index >= 15 is 0 Å². The molecule has 3 aromatic rings. The molecule has 1 atom stereocenters. The minimum atomic E-state index is -1.23. The first kappa shape index (κ1) is 26.4. The summed E-state index contributed by atoms with van der Waals surface area (Å²) in [6, 6.07) is 18.3. The number of aryl methyl sites for hydroxylation is 1. The van der Waals surface area contributed by atoms with E-state index in [1.165, 1.54) is 0 Å². The van der Waals surface area contributed by atoms with E-state index in [9.17, 15) is 14.7 Å². The van der Waals surface area contributed by atoms with Crippen LogP contribution in [0.1, 0.15) is 25.2 Å². The molecule has 0 bridgehead atoms. The summed E-state index contributed by atoms with van der Waals surface area (Å²) in [4.78, 5) is 28.5. The maximum absolute atomic E-state index is 12.7. The Morgan fingerprint density at radius 3 is 2.39 bits per heavy atom. The number of hydrogen-bond donors (Lipinski definition) is 0. The molecule has 0 amide bonds. The van der Waals surface area contributed by atoms with Crippen molar-refractivity contribution < 1.29 is 38.2 Å². The summed E-state index contributed by atoms with van der Waals surface area (Å²) < 4.78 is 12.6. The first-order valence-corrected chi connectivity index (χ1v) is 10.7. The molecule has 0 aliphatic heterocycles. The number of nitrogens with zero attached hydrogens (tertiary/aromatic N) is 2. The van der Waals surface area contributed by atoms with E-state index in [1.807, 2.05) is 37.3 Å². The van der Waals surface area contributed by atoms with Crippen LogP contribution in [-0.2, 0) is 28.9 Å². The number of rotatable bonds is 11. The maximum atomic E-state index is 12.7. The van der Waals surface area contributed by atoms with Crippen molar-refractivity contribution in [2.75, 3.05) is 13.2 Å². The Bertz CT molecular complexity index is 1080. The number of hydrogen-bond acceptors (Lipinski definition) is 6. The topological polar surface area (TPSA) is 93.5 Å². The molecule has 0 saturated carbocycles. The standard InChI is InChI=1S/C25H28N2O5.Li/c1-3-23-26-21(19-8-6-5-7-9-19)17-24(28)27(23)14-15-32-20-12-10-18(11-13-20)16-22(25(29)30)31-4-2;/h5-13,17,22H,3-4,14-16H2,1-2H3,(H,29,30);/q;+1/p-1. The van der Waals surface area contributed by atoms with Gasteiger partial charge in [-0.15, -0.1) is 0 Å². The van der Waals surface area contributed by atoms with Crippen molar-refractivity contribution >= 4 is 5.97 Å². The number of carbonyl (C=O) groups excluding carboxylic acids is 1. The summed E-state index contributed by atoms with van der Waals surface area (Å²) in [6.07, 6.45) is -0.118. The number of aromatic nitrogens is 2. The largest absolute Gasteiger partial charge is 1.00 e. The summed E-state index contributed by atoms with van der Waals surface area (Å²) in [5.74, 6) is 0.117. The van der Waals surface area contributed by atoms with Crippen molar-refractivity contribution in [2.24, 2.45) is 0 Å². The van der Waals surface area contributed by atoms with Gasteiger partial charge < -0.3 is 19.4 Å². The average molecular weight is 442 g/mol. The van der Waals surface area contributed by atoms with E-state index in [2.05, 4.69) is 4.98 Å². The molecular formula is C25H27LiN2O5. The molecule has 0 saturated heterocycles. The van der Waals surface area contributed by atoms with Gasteiger partial charge in [-0.1, -0.05) is 49.4 Å². The van der Waals surface area contributed by atoms with Crippen LogP contribution in [0.3, 0.4) is 0 Å². The van der Waals surface area contributed by atoms with Gasteiger partial charge in [-0.3, -0.25) is 9.36 Å². The van der Waals surface area contributed by atoms with Crippen LogP contribution in [0.25, 0.3) is 11.3 Å². The fraction of sp³-hybridized carbons (Fsp3) is 0.320. The Labute approximate surface area is 205 Å². The van der Waals surface area contributed by atoms with Gasteiger partial charge in [0.15, 0.2) is 0 Å². The van der Waals surface area contributed by atoms with Crippen molar-refractivity contribution in [1.29, 1.82) is 0 Å². The van der Waals surface area contributed by atoms with E-state index in [4.69, 9.17) is 9.47 Å². The van der Waals surface area contributed by atoms with Gasteiger partial charge in [0.1, 0.15) is 24.3 Å². The third-order valence-electron chi connectivity index (χ3n) is 5.03. The van der Waals surface area contributed by atoms with E-state index in [0.29, 0.717) is 43.4 Å². The minimum absolute atomic E-state index is 0. The van der Waals surface area contributed by atoms with E-state index in [0.717, 1.165) is 11.1 Å². The summed E-state index contributed by atoms with van der Waals surface area (Å²) in [7, 11) is 0. The fourth-order valence-corrected chi connectivity index (χ4v) is 3.42. The molecule has 2 aromatic carbocycles. The molecule has 1 aromatic heterocycles. The number of aliphatic carboxylic acids is 1. The zero-order chi connectivity index (χ0) is 22.9. The van der Waals surface area contributed by atoms with Crippen LogP contribution in [0, 0.1) is 0 Å². The summed E-state index contributed by atoms with van der Waals surface area (Å²) >= 11 is 0. The zero-order valence-corrected chi connectivity index (χ0v) is 19.3. The third-order valence-corrected chi connectivity index (χ3v) is 5.03. The second-order valence-corrected chi connectivity index (χ2v) is 7.23. The fourth-order valence-electron chi connectivity index (χ4n) is 3.42. The predicted octanol–water partition coefficient (Wildman–Crippen LogP) is -0.747. The van der Waals surface area contributed by atoms with Gasteiger partial charge in [-0.2, -0.15) is 0 Å². The Balaban J connectivity index is 0.00000385. The molecular weight excluding hydrogens is 415 g/mol. The molecule has 0 spiro atoms. The van der Waals surface area contributed by atoms with E-state index in [1.54, 1.807) is 41.8 Å². The minimum Gasteiger partial charge on any atom is -0.547 e. The molecule has 1 heterocycles. The third kappa shape index (κ3) is 7.33. The number of carboxylic acid groups (broad SMARTS) is 1. The number of ether oxygens (including phenoxy) is 2. The van der Waals surface area contributed by atoms with Gasteiger partial charge in [0.2, 0.25) is 0 Å². The SMILES string of the molecule is CCOC(Cc1ccc(OCCn2c(CC)nc(-c3ccccc3)cc2=O)cc1)C(=O)[O-].[Li+]. The molecule has 0 aliphatic rings. The summed E-state index contributed by atoms with van der Waals surface area (Å²) in [6.45, 7) is 4.70. The van der Waals surface area contributed by atoms with Gasteiger partial charge in [0.25, 0.3) is 5.56 Å². The van der Waals surface area contributed by atoms with Gasteiger partial charge in [-0.05, 0) is 24.6 Å². The van der Waals surface area contributed by atoms with Gasteiger partial charge >= 0.3 is 18.9 Å². The maximum Gasteiger partial charge on any atom is 1.00 e. The van der Waals surface area contributed by atoms with Gasteiger partial charge in [0.05, 0.1) is 18.2 Å². The van der Waals surface area contributed by atoms with Gasteiger partial charge in [-0.25, -0.2) is 4.98 Å². The molecule has 0 N–H and O–H groups in total. The quantitative estimate of drug-likeness (QED) is 0.363. The van der Waals surface area contributed by atoms with Crippen LogP contribution in [0.2, 0.25) is 0 Å². The first-order chi connectivity index (χ1) is 15.5. The van der Waals surface area contributed by atoms with Crippen molar-refractivity contribution in [1.82, 2.24) is 9.55 Å². The average Bonchev–Trinajstić information content (AvgIpc) is 2.81. The second-order valence-electron chi connectivity index (χ2n) is 7.23. The Kier molecular flexibility index (Phi) is 10.4. The first-order valence-electron chi connectivity index (χ1n) is 10.7. The monoisotopic (exact) mass is 442 g/mol. The summed E-state index contributed by atoms with van der Waals surface area (Å²) in [5.41, 5.74) is 2.28. The van der Waals surface area contributed by atoms with Crippen LogP contribution in [0.5, 0.6) is 5.75 Å². The van der Waals surface area contributed by atoms with Crippen LogP contribution in [0.4, 0.5) is 0 Å². The Morgan fingerprint density at radius 1 is 1.09 bits per heavy atom. The zero-order valence-electron chi connectivity index (χ0n) is 19.3. The van der Waals surface area contributed by atoms with Crippen LogP contribution >= 0.6 is 0 Å². The molecule has 33 heavy (non-hydrogen) atoms. The molecule has 3 rings (SSSR count). The van der Waals surface area contributed by atoms with Crippen molar-refractivity contribution in [3.63, 3.8) is 0 Å². The Morgan fingerprint density at radius 2 is 1.79 bits per heavy atom. The van der Waals surface area contributed by atoms with Gasteiger partial charge in [0, 0.05) is 31.1 Å². The molecule has 0 aliphatic carbocycles. The number of benzene rings is 2. The normalized spacial score (nSPS) is 11.5. The van der Waals surface area contributed by atoms with Crippen molar-refractivity contribution in [2.45, 2.75) is 39.3 Å². The number of carbonyl (C=O) groups is 1. The van der Waals surface area contributed by atoms with E-state index in [-0.39, 0.29) is 30.8 Å². The molecule has 1 unspecified atom stereocenters. The molecule has 168 valence electrons. The smallest absolute Gasteiger partial charge is 0.547 e. The van der Waals surface area contributed by atoms with Crippen LogP contribution in [0.15, 0.2) is 65.5 Å². The molecule has 7 nitrogen and oxygen atoms in total. The van der Waals surface area contributed by atoms with Crippen LogP contribution in [-0.4, -0.2) is 34.8 Å². The van der Waals surface area contributed by atoms with Crippen molar-refractivity contribution in [3.8, 4) is 17.0 Å². The molecule has 0 fully saturated rings. The predicted molar refractivity (Wildman–Crippen MR) is 119 cm³/mol. The van der Waals surface area contributed by atoms with Crippen molar-refractivity contribution in [3.05, 3.63) is 82.4 Å². The molecule has 0 radical (unpaired) electrons. The van der Waals surface area contributed by atoms with Crippen LogP contribution < -0.4 is 34.3 Å². The Hall–Kier alpha value is -2.85. The summed E-state index contributed by atoms with van der Waals surface area (Å²) in [5, 5.41) is 11.1. The molecule has 8 heteroatoms. The van der Waals surface area contributed by atoms with E-state index < -0.39 is 12.1 Å².